The van der Waals surface area contributed by atoms with Crippen LogP contribution in [0.5, 0.6) is 0 Å². The predicted octanol–water partition coefficient (Wildman–Crippen LogP) is 2.74. The number of rotatable bonds is 3. The number of hydrogen-bond acceptors (Lipinski definition) is 5. The molecule has 1 aliphatic rings. The summed E-state index contributed by atoms with van der Waals surface area (Å²) in [6.45, 7) is 12.1. The van der Waals surface area contributed by atoms with Crippen LogP contribution in [-0.4, -0.2) is 52.3 Å². The molecule has 0 unspecified atom stereocenters. The molecular formula is C13H23BrN4S. The van der Waals surface area contributed by atoms with Gasteiger partial charge in [-0.25, -0.2) is 4.98 Å². The van der Waals surface area contributed by atoms with Gasteiger partial charge >= 0.3 is 0 Å². The smallest absolute Gasteiger partial charge is 0.205 e. The van der Waals surface area contributed by atoms with Crippen LogP contribution in [0.4, 0.5) is 5.13 Å². The summed E-state index contributed by atoms with van der Waals surface area (Å²) in [5.41, 5.74) is 0.0442. The maximum Gasteiger partial charge on any atom is 0.205 e. The van der Waals surface area contributed by atoms with E-state index in [2.05, 4.69) is 50.9 Å². The molecule has 6 heteroatoms. The van der Waals surface area contributed by atoms with Gasteiger partial charge in [0.15, 0.2) is 0 Å². The molecule has 0 N–H and O–H groups in total. The van der Waals surface area contributed by atoms with Crippen LogP contribution in [0.3, 0.4) is 0 Å². The van der Waals surface area contributed by atoms with Crippen molar-refractivity contribution in [3.05, 3.63) is 5.82 Å². The normalized spacial score (nSPS) is 18.6. The molecule has 2 heterocycles. The predicted molar refractivity (Wildman–Crippen MR) is 85.7 cm³/mol. The molecule has 0 aliphatic carbocycles. The Balaban J connectivity index is 2.00. The van der Waals surface area contributed by atoms with Crippen molar-refractivity contribution in [1.29, 1.82) is 0 Å². The van der Waals surface area contributed by atoms with Crippen molar-refractivity contribution in [3.8, 4) is 0 Å². The monoisotopic (exact) mass is 346 g/mol. The third-order valence-electron chi connectivity index (χ3n) is 3.35. The van der Waals surface area contributed by atoms with Crippen LogP contribution in [-0.2, 0) is 5.41 Å². The Morgan fingerprint density at radius 1 is 1.21 bits per heavy atom. The Morgan fingerprint density at radius 3 is 2.63 bits per heavy atom. The number of anilines is 1. The average Bonchev–Trinajstić information content (AvgIpc) is 2.72. The zero-order chi connectivity index (χ0) is 13.9. The highest BCUT2D eigenvalue weighted by Crippen LogP contribution is 2.25. The van der Waals surface area contributed by atoms with Crippen molar-refractivity contribution in [2.24, 2.45) is 0 Å². The standard InChI is InChI=1S/C13H23BrN4S/c1-13(2,3)11-15-12(19-16-11)18-7-4-6-17(8-5-14)9-10-18/h4-10H2,1-3H3. The summed E-state index contributed by atoms with van der Waals surface area (Å²) in [6, 6.07) is 0. The van der Waals surface area contributed by atoms with E-state index in [0.717, 1.165) is 42.5 Å². The van der Waals surface area contributed by atoms with Crippen LogP contribution in [0.15, 0.2) is 0 Å². The fourth-order valence-corrected chi connectivity index (χ4v) is 3.56. The quantitative estimate of drug-likeness (QED) is 0.787. The fraction of sp³-hybridized carbons (Fsp3) is 0.846. The van der Waals surface area contributed by atoms with Gasteiger partial charge in [-0.3, -0.25) is 0 Å². The molecule has 19 heavy (non-hydrogen) atoms. The fourth-order valence-electron chi connectivity index (χ4n) is 2.15. The molecule has 1 aromatic rings. The van der Waals surface area contributed by atoms with Gasteiger partial charge in [0.25, 0.3) is 0 Å². The van der Waals surface area contributed by atoms with Gasteiger partial charge in [0.2, 0.25) is 5.13 Å². The van der Waals surface area contributed by atoms with Crippen LogP contribution in [0.1, 0.15) is 33.0 Å². The first-order valence-electron chi connectivity index (χ1n) is 6.88. The Morgan fingerprint density at radius 2 is 2.00 bits per heavy atom. The second kappa shape index (κ2) is 6.50. The van der Waals surface area contributed by atoms with Gasteiger partial charge in [0.05, 0.1) is 0 Å². The van der Waals surface area contributed by atoms with Crippen molar-refractivity contribution >= 4 is 32.6 Å². The summed E-state index contributed by atoms with van der Waals surface area (Å²) >= 11 is 5.06. The molecular weight excluding hydrogens is 324 g/mol. The topological polar surface area (TPSA) is 32.3 Å². The van der Waals surface area contributed by atoms with E-state index in [0.29, 0.717) is 0 Å². The highest BCUT2D eigenvalue weighted by molar-refractivity contribution is 9.09. The third kappa shape index (κ3) is 4.13. The molecule has 4 nitrogen and oxygen atoms in total. The maximum atomic E-state index is 4.72. The van der Waals surface area contributed by atoms with Gasteiger partial charge in [0.1, 0.15) is 5.82 Å². The van der Waals surface area contributed by atoms with Gasteiger partial charge in [-0.2, -0.15) is 4.37 Å². The van der Waals surface area contributed by atoms with E-state index < -0.39 is 0 Å². The first-order chi connectivity index (χ1) is 9.00. The molecule has 0 bridgehead atoms. The van der Waals surface area contributed by atoms with Gasteiger partial charge in [-0.15, -0.1) is 0 Å². The lowest BCUT2D eigenvalue weighted by molar-refractivity contribution is 0.313. The van der Waals surface area contributed by atoms with Crippen LogP contribution in [0.25, 0.3) is 0 Å². The van der Waals surface area contributed by atoms with Crippen LogP contribution in [0.2, 0.25) is 0 Å². The van der Waals surface area contributed by atoms with E-state index in [1.54, 1.807) is 11.5 Å². The number of aromatic nitrogens is 2. The van der Waals surface area contributed by atoms with E-state index in [1.165, 1.54) is 13.0 Å². The second-order valence-corrected chi connectivity index (χ2v) is 7.55. The SMILES string of the molecule is CC(C)(C)c1nsc(N2CCCN(CCBr)CC2)n1. The van der Waals surface area contributed by atoms with Crippen molar-refractivity contribution in [1.82, 2.24) is 14.3 Å². The largest absolute Gasteiger partial charge is 0.346 e. The van der Waals surface area contributed by atoms with E-state index in [1.807, 2.05) is 0 Å². The van der Waals surface area contributed by atoms with Crippen molar-refractivity contribution in [3.63, 3.8) is 0 Å². The highest BCUT2D eigenvalue weighted by atomic mass is 79.9. The van der Waals surface area contributed by atoms with Gasteiger partial charge in [-0.1, -0.05) is 36.7 Å². The summed E-state index contributed by atoms with van der Waals surface area (Å²) in [5, 5.41) is 2.14. The van der Waals surface area contributed by atoms with E-state index in [9.17, 15) is 0 Å². The lowest BCUT2D eigenvalue weighted by atomic mass is 9.96. The molecule has 2 rings (SSSR count). The van der Waals surface area contributed by atoms with Crippen LogP contribution < -0.4 is 4.90 Å². The van der Waals surface area contributed by atoms with Crippen LogP contribution in [0, 0.1) is 0 Å². The highest BCUT2D eigenvalue weighted by Gasteiger charge is 2.23. The summed E-state index contributed by atoms with van der Waals surface area (Å²) < 4.78 is 4.52. The Bertz CT molecular complexity index is 402. The zero-order valence-corrected chi connectivity index (χ0v) is 14.4. The maximum absolute atomic E-state index is 4.72. The number of hydrogen-bond donors (Lipinski definition) is 0. The molecule has 0 atom stereocenters. The summed E-state index contributed by atoms with van der Waals surface area (Å²) in [5.74, 6) is 0.967. The molecule has 1 aromatic heterocycles. The van der Waals surface area contributed by atoms with Crippen molar-refractivity contribution < 1.29 is 0 Å². The van der Waals surface area contributed by atoms with Crippen molar-refractivity contribution in [2.75, 3.05) is 43.0 Å². The van der Waals surface area contributed by atoms with Gasteiger partial charge in [0, 0.05) is 48.5 Å². The van der Waals surface area contributed by atoms with Crippen molar-refractivity contribution in [2.45, 2.75) is 32.6 Å². The van der Waals surface area contributed by atoms with Gasteiger partial charge in [-0.05, 0) is 13.0 Å². The molecule has 1 fully saturated rings. The van der Waals surface area contributed by atoms with Crippen LogP contribution >= 0.6 is 27.5 Å². The first kappa shape index (κ1) is 15.2. The Kier molecular flexibility index (Phi) is 5.20. The Labute approximate surface area is 128 Å². The molecule has 1 aliphatic heterocycles. The van der Waals surface area contributed by atoms with E-state index in [4.69, 9.17) is 4.98 Å². The second-order valence-electron chi connectivity index (χ2n) is 6.02. The number of nitrogens with zero attached hydrogens (tertiary/aromatic N) is 4. The molecule has 0 saturated carbocycles. The minimum Gasteiger partial charge on any atom is -0.346 e. The number of halogens is 1. The van der Waals surface area contributed by atoms with E-state index >= 15 is 0 Å². The molecule has 1 saturated heterocycles. The third-order valence-corrected chi connectivity index (χ3v) is 4.48. The van der Waals surface area contributed by atoms with E-state index in [-0.39, 0.29) is 5.41 Å². The minimum atomic E-state index is 0.0442. The molecule has 108 valence electrons. The zero-order valence-electron chi connectivity index (χ0n) is 12.0. The molecule has 0 aromatic carbocycles. The minimum absolute atomic E-state index is 0.0442. The molecule has 0 spiro atoms. The summed E-state index contributed by atoms with van der Waals surface area (Å²) in [6.07, 6.45) is 1.21. The lowest BCUT2D eigenvalue weighted by Gasteiger charge is -2.20. The summed E-state index contributed by atoms with van der Waals surface area (Å²) in [7, 11) is 0. The first-order valence-corrected chi connectivity index (χ1v) is 8.77. The number of alkyl halides is 1. The molecule has 0 radical (unpaired) electrons. The molecule has 0 amide bonds. The Hall–Kier alpha value is -0.200. The summed E-state index contributed by atoms with van der Waals surface area (Å²) in [4.78, 5) is 9.63. The average molecular weight is 347 g/mol. The van der Waals surface area contributed by atoms with Gasteiger partial charge < -0.3 is 9.80 Å². The lowest BCUT2D eigenvalue weighted by Crippen LogP contribution is -2.31.